The van der Waals surface area contributed by atoms with E-state index in [9.17, 15) is 14.9 Å². The lowest BCUT2D eigenvalue weighted by Crippen LogP contribution is -2.15. The molecule has 0 saturated carbocycles. The van der Waals surface area contributed by atoms with Crippen LogP contribution in [0.5, 0.6) is 5.75 Å². The number of carbonyl (C=O) groups excluding carboxylic acids is 1. The first-order valence-corrected chi connectivity index (χ1v) is 9.09. The summed E-state index contributed by atoms with van der Waals surface area (Å²) < 4.78 is 5.69. The lowest BCUT2D eigenvalue weighted by Gasteiger charge is -2.23. The molecule has 6 nitrogen and oxygen atoms in total. The first kappa shape index (κ1) is 20.4. The molecule has 0 spiro atoms. The number of nitro benzene ring substituents is 1. The smallest absolute Gasteiger partial charge is 0.271 e. The van der Waals surface area contributed by atoms with Gasteiger partial charge in [-0.15, -0.1) is 0 Å². The third-order valence-electron chi connectivity index (χ3n) is 4.68. The molecule has 2 rings (SSSR count). The molecule has 1 N–H and O–H groups in total. The molecule has 0 heterocycles. The highest BCUT2D eigenvalue weighted by Gasteiger charge is 2.17. The summed E-state index contributed by atoms with van der Waals surface area (Å²) in [5.41, 5.74) is 1.78. The quantitative estimate of drug-likeness (QED) is 0.379. The number of rotatable bonds is 9. The number of ether oxygens (including phenoxy) is 1. The molecule has 0 atom stereocenters. The van der Waals surface area contributed by atoms with Crippen LogP contribution in [0, 0.1) is 10.1 Å². The lowest BCUT2D eigenvalue weighted by molar-refractivity contribution is -0.384. The van der Waals surface area contributed by atoms with E-state index in [1.165, 1.54) is 17.7 Å². The number of hydrogen-bond acceptors (Lipinski definition) is 4. The van der Waals surface area contributed by atoms with E-state index >= 15 is 0 Å². The molecule has 1 amide bonds. The van der Waals surface area contributed by atoms with Crippen LogP contribution in [0.2, 0.25) is 0 Å². The molecular formula is C21H26N2O4. The van der Waals surface area contributed by atoms with Crippen molar-refractivity contribution in [1.29, 1.82) is 0 Å². The number of anilines is 1. The number of nitrogens with zero attached hydrogens (tertiary/aromatic N) is 1. The van der Waals surface area contributed by atoms with Crippen LogP contribution < -0.4 is 10.1 Å². The van der Waals surface area contributed by atoms with E-state index in [0.717, 1.165) is 12.2 Å². The molecule has 0 fully saturated rings. The van der Waals surface area contributed by atoms with Crippen molar-refractivity contribution in [1.82, 2.24) is 0 Å². The Morgan fingerprint density at radius 3 is 2.52 bits per heavy atom. The highest BCUT2D eigenvalue weighted by atomic mass is 16.6. The zero-order chi connectivity index (χ0) is 19.9. The van der Waals surface area contributed by atoms with Crippen LogP contribution in [-0.4, -0.2) is 17.4 Å². The number of non-ortho nitro benzene ring substituents is 1. The Kier molecular flexibility index (Phi) is 6.93. The molecule has 144 valence electrons. The second kappa shape index (κ2) is 9.16. The van der Waals surface area contributed by atoms with Crippen molar-refractivity contribution in [2.24, 2.45) is 0 Å². The van der Waals surface area contributed by atoms with E-state index in [-0.39, 0.29) is 23.4 Å². The number of nitro groups is 1. The van der Waals surface area contributed by atoms with Crippen molar-refractivity contribution in [2.45, 2.75) is 45.4 Å². The third-order valence-corrected chi connectivity index (χ3v) is 4.68. The summed E-state index contributed by atoms with van der Waals surface area (Å²) in [7, 11) is 0. The van der Waals surface area contributed by atoms with E-state index in [1.807, 2.05) is 12.1 Å². The highest BCUT2D eigenvalue weighted by Crippen LogP contribution is 2.28. The number of hydrogen-bond donors (Lipinski definition) is 1. The highest BCUT2D eigenvalue weighted by molar-refractivity contribution is 5.90. The summed E-state index contributed by atoms with van der Waals surface area (Å²) in [6.45, 7) is 7.02. The molecule has 0 aliphatic heterocycles. The molecule has 0 radical (unpaired) electrons. The minimum Gasteiger partial charge on any atom is -0.494 e. The zero-order valence-corrected chi connectivity index (χ0v) is 16.0. The van der Waals surface area contributed by atoms with Crippen LogP contribution in [0.25, 0.3) is 0 Å². The molecular weight excluding hydrogens is 344 g/mol. The number of carbonyl (C=O) groups is 1. The Morgan fingerprint density at radius 2 is 1.89 bits per heavy atom. The Hall–Kier alpha value is -2.89. The maximum Gasteiger partial charge on any atom is 0.271 e. The van der Waals surface area contributed by atoms with Crippen molar-refractivity contribution < 1.29 is 14.5 Å². The van der Waals surface area contributed by atoms with Crippen LogP contribution >= 0.6 is 0 Å². The number of amides is 1. The predicted molar refractivity (Wildman–Crippen MR) is 106 cm³/mol. The fraction of sp³-hybridized carbons (Fsp3) is 0.381. The third kappa shape index (κ3) is 6.09. The minimum absolute atomic E-state index is 0.0502. The summed E-state index contributed by atoms with van der Waals surface area (Å²) in [6.07, 6.45) is 1.90. The largest absolute Gasteiger partial charge is 0.494 e. The molecule has 0 aromatic heterocycles. The van der Waals surface area contributed by atoms with Gasteiger partial charge in [0.2, 0.25) is 5.91 Å². The summed E-state index contributed by atoms with van der Waals surface area (Å²) in [4.78, 5) is 22.2. The van der Waals surface area contributed by atoms with Crippen molar-refractivity contribution in [3.05, 3.63) is 64.2 Å². The monoisotopic (exact) mass is 370 g/mol. The van der Waals surface area contributed by atoms with E-state index in [4.69, 9.17) is 4.74 Å². The van der Waals surface area contributed by atoms with Crippen LogP contribution in [0.3, 0.4) is 0 Å². The van der Waals surface area contributed by atoms with Gasteiger partial charge in [0.05, 0.1) is 11.5 Å². The summed E-state index contributed by atoms with van der Waals surface area (Å²) in [5, 5.41) is 13.4. The average Bonchev–Trinajstić information content (AvgIpc) is 2.66. The van der Waals surface area contributed by atoms with Crippen LogP contribution in [-0.2, 0) is 10.2 Å². The average molecular weight is 370 g/mol. The van der Waals surface area contributed by atoms with Gasteiger partial charge in [0.15, 0.2) is 0 Å². The van der Waals surface area contributed by atoms with Crippen LogP contribution in [0.15, 0.2) is 48.5 Å². The lowest BCUT2D eigenvalue weighted by atomic mass is 9.82. The van der Waals surface area contributed by atoms with E-state index < -0.39 is 4.92 Å². The molecule has 0 bridgehead atoms. The fourth-order valence-electron chi connectivity index (χ4n) is 2.55. The van der Waals surface area contributed by atoms with E-state index in [0.29, 0.717) is 18.7 Å². The molecule has 0 aliphatic rings. The molecule has 2 aromatic carbocycles. The molecule has 27 heavy (non-hydrogen) atoms. The molecule has 6 heteroatoms. The van der Waals surface area contributed by atoms with Crippen LogP contribution in [0.4, 0.5) is 11.4 Å². The predicted octanol–water partition coefficient (Wildman–Crippen LogP) is 5.08. The Labute approximate surface area is 159 Å². The molecule has 2 aromatic rings. The summed E-state index contributed by atoms with van der Waals surface area (Å²) in [6, 6.07) is 14.0. The van der Waals surface area contributed by atoms with Gasteiger partial charge in [-0.3, -0.25) is 14.9 Å². The van der Waals surface area contributed by atoms with Gasteiger partial charge >= 0.3 is 0 Å². The SMILES string of the molecule is CCC(C)(C)c1ccc(OCCCC(=O)Nc2cccc([N+](=O)[O-])c2)cc1. The number of nitrogens with one attached hydrogen (secondary N) is 1. The van der Waals surface area contributed by atoms with Gasteiger partial charge in [-0.1, -0.05) is 39.0 Å². The van der Waals surface area contributed by atoms with Crippen molar-refractivity contribution in [2.75, 3.05) is 11.9 Å². The first-order chi connectivity index (χ1) is 12.8. The Morgan fingerprint density at radius 1 is 1.19 bits per heavy atom. The van der Waals surface area contributed by atoms with E-state index in [2.05, 4.69) is 38.2 Å². The van der Waals surface area contributed by atoms with Gasteiger partial charge in [0, 0.05) is 24.2 Å². The molecule has 0 unspecified atom stereocenters. The van der Waals surface area contributed by atoms with Gasteiger partial charge in [-0.25, -0.2) is 0 Å². The van der Waals surface area contributed by atoms with Gasteiger partial charge < -0.3 is 10.1 Å². The van der Waals surface area contributed by atoms with Crippen molar-refractivity contribution in [3.8, 4) is 5.75 Å². The van der Waals surface area contributed by atoms with Crippen molar-refractivity contribution in [3.63, 3.8) is 0 Å². The molecule has 0 aliphatic carbocycles. The van der Waals surface area contributed by atoms with Crippen molar-refractivity contribution >= 4 is 17.3 Å². The Bertz CT molecular complexity index is 785. The zero-order valence-electron chi connectivity index (χ0n) is 16.0. The summed E-state index contributed by atoms with van der Waals surface area (Å²) >= 11 is 0. The van der Waals surface area contributed by atoms with Gasteiger partial charge in [0.1, 0.15) is 5.75 Å². The van der Waals surface area contributed by atoms with Gasteiger partial charge in [-0.05, 0) is 42.0 Å². The first-order valence-electron chi connectivity index (χ1n) is 9.09. The fourth-order valence-corrected chi connectivity index (χ4v) is 2.55. The number of benzene rings is 2. The second-order valence-electron chi connectivity index (χ2n) is 7.07. The molecule has 0 saturated heterocycles. The van der Waals surface area contributed by atoms with E-state index in [1.54, 1.807) is 12.1 Å². The van der Waals surface area contributed by atoms with Gasteiger partial charge in [0.25, 0.3) is 5.69 Å². The summed E-state index contributed by atoms with van der Waals surface area (Å²) in [5.74, 6) is 0.587. The topological polar surface area (TPSA) is 81.5 Å². The maximum absolute atomic E-state index is 12.0. The van der Waals surface area contributed by atoms with Crippen LogP contribution in [0.1, 0.15) is 45.6 Å². The maximum atomic E-state index is 12.0. The minimum atomic E-state index is -0.490. The second-order valence-corrected chi connectivity index (χ2v) is 7.07. The normalized spacial score (nSPS) is 11.1. The standard InChI is InChI=1S/C21H26N2O4/c1-4-21(2,3)16-10-12-19(13-11-16)27-14-6-9-20(24)22-17-7-5-8-18(15-17)23(25)26/h5,7-8,10-13,15H,4,6,9,14H2,1-3H3,(H,22,24). The van der Waals surface area contributed by atoms with Gasteiger partial charge in [-0.2, -0.15) is 0 Å². The Balaban J connectivity index is 1.76.